The van der Waals surface area contributed by atoms with E-state index in [0.717, 1.165) is 45.0 Å². The Bertz CT molecular complexity index is 682. The predicted octanol–water partition coefficient (Wildman–Crippen LogP) is 1.64. The van der Waals surface area contributed by atoms with Gasteiger partial charge in [0.25, 0.3) is 0 Å². The van der Waals surface area contributed by atoms with Gasteiger partial charge in [0.1, 0.15) is 11.4 Å². The summed E-state index contributed by atoms with van der Waals surface area (Å²) in [6.07, 6.45) is -0.424. The number of carbonyl (C=O) groups is 1. The lowest BCUT2D eigenvalue weighted by Gasteiger charge is -2.36. The van der Waals surface area contributed by atoms with Crippen LogP contribution in [0, 0.1) is 5.82 Å². The second kappa shape index (κ2) is 11.6. The van der Waals surface area contributed by atoms with E-state index < -0.39 is 11.7 Å². The molecule has 1 aliphatic heterocycles. The molecule has 0 atom stereocenters. The highest BCUT2D eigenvalue weighted by Crippen LogP contribution is 2.16. The van der Waals surface area contributed by atoms with Crippen LogP contribution in [0.15, 0.2) is 29.3 Å². The molecule has 0 bridgehead atoms. The summed E-state index contributed by atoms with van der Waals surface area (Å²) in [5.74, 6) is 0.497. The lowest BCUT2D eigenvalue weighted by Crippen LogP contribution is -2.49. The number of carbonyl (C=O) groups excluding carboxylic acids is 1. The van der Waals surface area contributed by atoms with Gasteiger partial charge in [-0.3, -0.25) is 9.89 Å². The van der Waals surface area contributed by atoms with Crippen LogP contribution in [0.5, 0.6) is 0 Å². The van der Waals surface area contributed by atoms with Crippen molar-refractivity contribution in [2.24, 2.45) is 4.99 Å². The topological polar surface area (TPSA) is 81.2 Å². The minimum absolute atomic E-state index is 0.203. The number of hydrogen-bond acceptors (Lipinski definition) is 5. The first kappa shape index (κ1) is 23.7. The van der Waals surface area contributed by atoms with Crippen LogP contribution < -0.4 is 20.9 Å². The smallest absolute Gasteiger partial charge is 0.407 e. The molecule has 0 unspecified atom stereocenters. The van der Waals surface area contributed by atoms with Gasteiger partial charge in [0.2, 0.25) is 0 Å². The summed E-state index contributed by atoms with van der Waals surface area (Å²) in [5.41, 5.74) is 0.568. The van der Waals surface area contributed by atoms with Crippen molar-refractivity contribution < 1.29 is 13.9 Å². The van der Waals surface area contributed by atoms with Gasteiger partial charge in [0.15, 0.2) is 5.96 Å². The Hall–Kier alpha value is -2.55. The third-order valence-corrected chi connectivity index (χ3v) is 4.59. The zero-order valence-electron chi connectivity index (χ0n) is 18.5. The summed E-state index contributed by atoms with van der Waals surface area (Å²) in [7, 11) is 1.72. The summed E-state index contributed by atoms with van der Waals surface area (Å²) < 4.78 is 18.3. The van der Waals surface area contributed by atoms with Crippen LogP contribution in [0.1, 0.15) is 20.8 Å². The average Bonchev–Trinajstić information content (AvgIpc) is 2.69. The van der Waals surface area contributed by atoms with E-state index in [-0.39, 0.29) is 5.82 Å². The zero-order chi connectivity index (χ0) is 22.0. The standard InChI is InChI=1S/C21H35FN6O2/c1-21(2,3)30-20(29)26-10-9-24-19(23-4)25-11-12-27-13-15-28(16-14-27)18-7-5-17(22)6-8-18/h5-8H,9-16H2,1-4H3,(H,26,29)(H2,23,24,25). The van der Waals surface area contributed by atoms with Crippen molar-refractivity contribution >= 4 is 17.7 Å². The molecule has 9 heteroatoms. The molecular weight excluding hydrogens is 387 g/mol. The van der Waals surface area contributed by atoms with Crippen LogP contribution in [0.4, 0.5) is 14.9 Å². The van der Waals surface area contributed by atoms with Crippen molar-refractivity contribution in [2.45, 2.75) is 26.4 Å². The number of amides is 1. The van der Waals surface area contributed by atoms with Crippen molar-refractivity contribution in [3.05, 3.63) is 30.1 Å². The molecule has 1 amide bonds. The average molecular weight is 423 g/mol. The summed E-state index contributed by atoms with van der Waals surface area (Å²) in [6, 6.07) is 6.68. The van der Waals surface area contributed by atoms with Crippen molar-refractivity contribution in [1.82, 2.24) is 20.9 Å². The number of nitrogens with one attached hydrogen (secondary N) is 3. The number of guanidine groups is 1. The maximum atomic E-state index is 13.1. The van der Waals surface area contributed by atoms with Crippen molar-refractivity contribution in [1.29, 1.82) is 0 Å². The molecule has 168 valence electrons. The Morgan fingerprint density at radius 2 is 1.63 bits per heavy atom. The van der Waals surface area contributed by atoms with E-state index in [2.05, 4.69) is 30.7 Å². The Morgan fingerprint density at radius 1 is 1.03 bits per heavy atom. The second-order valence-electron chi connectivity index (χ2n) is 8.16. The first-order valence-electron chi connectivity index (χ1n) is 10.4. The van der Waals surface area contributed by atoms with E-state index in [0.29, 0.717) is 19.0 Å². The molecule has 3 N–H and O–H groups in total. The monoisotopic (exact) mass is 422 g/mol. The first-order chi connectivity index (χ1) is 14.3. The largest absolute Gasteiger partial charge is 0.444 e. The molecule has 1 fully saturated rings. The lowest BCUT2D eigenvalue weighted by atomic mass is 10.2. The highest BCUT2D eigenvalue weighted by Gasteiger charge is 2.17. The fourth-order valence-electron chi connectivity index (χ4n) is 3.09. The maximum Gasteiger partial charge on any atom is 0.407 e. The van der Waals surface area contributed by atoms with Crippen LogP contribution in [0.3, 0.4) is 0 Å². The molecule has 0 saturated carbocycles. The Kier molecular flexibility index (Phi) is 9.16. The van der Waals surface area contributed by atoms with Gasteiger partial charge in [0.05, 0.1) is 0 Å². The molecule has 0 aliphatic carbocycles. The quantitative estimate of drug-likeness (QED) is 0.352. The molecule has 2 rings (SSSR count). The minimum Gasteiger partial charge on any atom is -0.444 e. The van der Waals surface area contributed by atoms with E-state index in [4.69, 9.17) is 4.74 Å². The van der Waals surface area contributed by atoms with Gasteiger partial charge < -0.3 is 25.6 Å². The molecule has 8 nitrogen and oxygen atoms in total. The molecule has 1 heterocycles. The zero-order valence-corrected chi connectivity index (χ0v) is 18.5. The van der Waals surface area contributed by atoms with Crippen molar-refractivity contribution in [2.75, 3.05) is 64.3 Å². The summed E-state index contributed by atoms with van der Waals surface area (Å²) >= 11 is 0. The van der Waals surface area contributed by atoms with Crippen molar-refractivity contribution in [3.8, 4) is 0 Å². The van der Waals surface area contributed by atoms with Crippen molar-refractivity contribution in [3.63, 3.8) is 0 Å². The van der Waals surface area contributed by atoms with Crippen LogP contribution in [0.25, 0.3) is 0 Å². The minimum atomic E-state index is -0.500. The number of nitrogens with zero attached hydrogens (tertiary/aromatic N) is 3. The van der Waals surface area contributed by atoms with Crippen LogP contribution in [-0.2, 0) is 4.74 Å². The van der Waals surface area contributed by atoms with Crippen LogP contribution in [-0.4, -0.2) is 82.0 Å². The Morgan fingerprint density at radius 3 is 2.23 bits per heavy atom. The first-order valence-corrected chi connectivity index (χ1v) is 10.4. The number of ether oxygens (including phenoxy) is 1. The highest BCUT2D eigenvalue weighted by molar-refractivity contribution is 5.79. The molecule has 1 aliphatic rings. The summed E-state index contributed by atoms with van der Waals surface area (Å²) in [4.78, 5) is 20.5. The molecule has 1 saturated heterocycles. The van der Waals surface area contributed by atoms with E-state index in [1.54, 1.807) is 7.05 Å². The SMILES string of the molecule is CN=C(NCCNC(=O)OC(C)(C)C)NCCN1CCN(c2ccc(F)cc2)CC1. The molecule has 1 aromatic rings. The summed E-state index contributed by atoms with van der Waals surface area (Å²) in [5, 5.41) is 9.17. The second-order valence-corrected chi connectivity index (χ2v) is 8.16. The predicted molar refractivity (Wildman–Crippen MR) is 119 cm³/mol. The van der Waals surface area contributed by atoms with Gasteiger partial charge in [-0.25, -0.2) is 9.18 Å². The van der Waals surface area contributed by atoms with Gasteiger partial charge in [-0.1, -0.05) is 0 Å². The molecule has 0 aromatic heterocycles. The van der Waals surface area contributed by atoms with Crippen LogP contribution in [0.2, 0.25) is 0 Å². The molecule has 0 radical (unpaired) electrons. The number of piperazine rings is 1. The van der Waals surface area contributed by atoms with E-state index in [1.165, 1.54) is 12.1 Å². The summed E-state index contributed by atoms with van der Waals surface area (Å²) in [6.45, 7) is 12.0. The Labute approximate surface area is 178 Å². The van der Waals surface area contributed by atoms with E-state index >= 15 is 0 Å². The van der Waals surface area contributed by atoms with E-state index in [1.807, 2.05) is 32.9 Å². The lowest BCUT2D eigenvalue weighted by molar-refractivity contribution is 0.0529. The van der Waals surface area contributed by atoms with Gasteiger partial charge in [-0.15, -0.1) is 0 Å². The molecule has 30 heavy (non-hydrogen) atoms. The van der Waals surface area contributed by atoms with E-state index in [9.17, 15) is 9.18 Å². The normalized spacial score (nSPS) is 15.6. The molecular formula is C21H35FN6O2. The fraction of sp³-hybridized carbons (Fsp3) is 0.619. The van der Waals surface area contributed by atoms with Gasteiger partial charge in [-0.05, 0) is 45.0 Å². The number of anilines is 1. The van der Waals surface area contributed by atoms with Crippen LogP contribution >= 0.6 is 0 Å². The molecule has 1 aromatic carbocycles. The highest BCUT2D eigenvalue weighted by atomic mass is 19.1. The number of halogens is 1. The van der Waals surface area contributed by atoms with Gasteiger partial charge >= 0.3 is 6.09 Å². The fourth-order valence-corrected chi connectivity index (χ4v) is 3.09. The number of aliphatic imine (C=N–C) groups is 1. The Balaban J connectivity index is 1.58. The third-order valence-electron chi connectivity index (χ3n) is 4.59. The van der Waals surface area contributed by atoms with Gasteiger partial charge in [-0.2, -0.15) is 0 Å². The number of hydrogen-bond donors (Lipinski definition) is 3. The molecule has 0 spiro atoms. The number of benzene rings is 1. The number of rotatable bonds is 7. The maximum absolute atomic E-state index is 13.1. The third kappa shape index (κ3) is 8.86. The number of alkyl carbamates (subject to hydrolysis) is 1. The van der Waals surface area contributed by atoms with Gasteiger partial charge in [0, 0.05) is 65.1 Å².